The number of benzene rings is 2. The van der Waals surface area contributed by atoms with E-state index in [0.29, 0.717) is 11.4 Å². The molecule has 0 aliphatic rings. The summed E-state index contributed by atoms with van der Waals surface area (Å²) < 4.78 is 22.3. The fourth-order valence-electron chi connectivity index (χ4n) is 2.44. The number of aromatic nitrogens is 4. The molecule has 0 N–H and O–H groups in total. The summed E-state index contributed by atoms with van der Waals surface area (Å²) in [6.45, 7) is 2.01. The maximum Gasteiger partial charge on any atom is 0.368 e. The number of ether oxygens (including phenoxy) is 1. The van der Waals surface area contributed by atoms with Crippen LogP contribution in [0.1, 0.15) is 18.1 Å². The van der Waals surface area contributed by atoms with Gasteiger partial charge in [-0.25, -0.2) is 9.18 Å². The monoisotopic (exact) mass is 328 g/mol. The van der Waals surface area contributed by atoms with E-state index in [1.165, 1.54) is 19.2 Å². The zero-order valence-corrected chi connectivity index (χ0v) is 13.4. The molecule has 0 bridgehead atoms. The quantitative estimate of drug-likeness (QED) is 0.721. The Bertz CT molecular complexity index is 917. The summed E-state index contributed by atoms with van der Waals surface area (Å²) in [5.74, 6) is 0.236. The van der Waals surface area contributed by atoms with E-state index in [2.05, 4.69) is 10.4 Å². The molecule has 1 heterocycles. The predicted octanol–water partition coefficient (Wildman–Crippen LogP) is 2.25. The maximum atomic E-state index is 14.3. The molecule has 2 aromatic carbocycles. The molecule has 7 heteroatoms. The number of hydrogen-bond donors (Lipinski definition) is 0. The Labute approximate surface area is 138 Å². The lowest BCUT2D eigenvalue weighted by molar-refractivity contribution is 0.296. The van der Waals surface area contributed by atoms with E-state index >= 15 is 0 Å². The molecule has 0 aliphatic carbocycles. The highest BCUT2D eigenvalue weighted by Crippen LogP contribution is 2.22. The predicted molar refractivity (Wildman–Crippen MR) is 86.7 cm³/mol. The molecular formula is C17H17FN4O2. The molecule has 0 saturated heterocycles. The first-order valence-electron chi connectivity index (χ1n) is 7.59. The van der Waals surface area contributed by atoms with Gasteiger partial charge in [-0.15, -0.1) is 0 Å². The largest absolute Gasteiger partial charge is 0.488 e. The van der Waals surface area contributed by atoms with Crippen molar-refractivity contribution in [1.29, 1.82) is 0 Å². The molecule has 3 rings (SSSR count). The van der Waals surface area contributed by atoms with E-state index < -0.39 is 11.5 Å². The van der Waals surface area contributed by atoms with Gasteiger partial charge in [0.1, 0.15) is 18.2 Å². The van der Waals surface area contributed by atoms with Crippen LogP contribution in [0.5, 0.6) is 5.75 Å². The highest BCUT2D eigenvalue weighted by Gasteiger charge is 2.15. The molecule has 0 amide bonds. The Morgan fingerprint density at radius 2 is 1.92 bits per heavy atom. The minimum Gasteiger partial charge on any atom is -0.488 e. The first-order chi connectivity index (χ1) is 11.6. The van der Waals surface area contributed by atoms with Gasteiger partial charge in [0, 0.05) is 7.05 Å². The molecule has 0 fully saturated rings. The van der Waals surface area contributed by atoms with Crippen molar-refractivity contribution in [3.63, 3.8) is 0 Å². The highest BCUT2D eigenvalue weighted by atomic mass is 19.1. The van der Waals surface area contributed by atoms with Crippen LogP contribution < -0.4 is 10.4 Å². The van der Waals surface area contributed by atoms with Crippen LogP contribution in [-0.2, 0) is 20.1 Å². The van der Waals surface area contributed by atoms with Gasteiger partial charge in [0.2, 0.25) is 0 Å². The van der Waals surface area contributed by atoms with Gasteiger partial charge in [-0.3, -0.25) is 0 Å². The Balaban J connectivity index is 1.96. The lowest BCUT2D eigenvalue weighted by Gasteiger charge is -2.13. The van der Waals surface area contributed by atoms with Crippen LogP contribution in [-0.4, -0.2) is 19.8 Å². The van der Waals surface area contributed by atoms with Crippen molar-refractivity contribution in [1.82, 2.24) is 19.8 Å². The van der Waals surface area contributed by atoms with Crippen molar-refractivity contribution < 1.29 is 9.13 Å². The summed E-state index contributed by atoms with van der Waals surface area (Å²) in [6, 6.07) is 12.1. The van der Waals surface area contributed by atoms with Crippen LogP contribution in [0.3, 0.4) is 0 Å². The summed E-state index contributed by atoms with van der Waals surface area (Å²) in [4.78, 5) is 12.0. The standard InChI is InChI=1S/C17H17FN4O2/c1-3-12-7-4-5-10-16(12)24-11-13-14(18)8-6-9-15(13)22-17(23)21(2)19-20-22/h4-10H,3,11H2,1-2H3. The van der Waals surface area contributed by atoms with E-state index in [0.717, 1.165) is 21.3 Å². The molecule has 3 aromatic rings. The molecule has 24 heavy (non-hydrogen) atoms. The number of aryl methyl sites for hydroxylation is 2. The fraction of sp³-hybridized carbons (Fsp3) is 0.235. The van der Waals surface area contributed by atoms with Crippen molar-refractivity contribution >= 4 is 0 Å². The van der Waals surface area contributed by atoms with Crippen LogP contribution in [0.15, 0.2) is 47.3 Å². The average Bonchev–Trinajstić information content (AvgIpc) is 2.93. The van der Waals surface area contributed by atoms with E-state index in [1.807, 2.05) is 31.2 Å². The number of halogens is 1. The minimum absolute atomic E-state index is 0.0119. The van der Waals surface area contributed by atoms with Crippen LogP contribution in [0.4, 0.5) is 4.39 Å². The van der Waals surface area contributed by atoms with Crippen LogP contribution in [0.25, 0.3) is 5.69 Å². The number of tetrazole rings is 1. The van der Waals surface area contributed by atoms with Crippen molar-refractivity contribution in [2.24, 2.45) is 7.05 Å². The van der Waals surface area contributed by atoms with E-state index in [1.54, 1.807) is 6.07 Å². The number of hydrogen-bond acceptors (Lipinski definition) is 4. The number of para-hydroxylation sites is 1. The van der Waals surface area contributed by atoms with Crippen molar-refractivity contribution in [3.05, 3.63) is 69.9 Å². The molecule has 124 valence electrons. The van der Waals surface area contributed by atoms with E-state index in [9.17, 15) is 9.18 Å². The Kier molecular flexibility index (Phi) is 4.41. The van der Waals surface area contributed by atoms with E-state index in [4.69, 9.17) is 4.74 Å². The third-order valence-electron chi connectivity index (χ3n) is 3.77. The smallest absolute Gasteiger partial charge is 0.368 e. The Morgan fingerprint density at radius 3 is 2.62 bits per heavy atom. The zero-order valence-electron chi connectivity index (χ0n) is 13.4. The molecule has 0 unspecified atom stereocenters. The number of rotatable bonds is 5. The Hall–Kier alpha value is -2.96. The third kappa shape index (κ3) is 2.92. The lowest BCUT2D eigenvalue weighted by atomic mass is 10.1. The minimum atomic E-state index is -0.459. The van der Waals surface area contributed by atoms with Gasteiger partial charge in [-0.2, -0.15) is 9.36 Å². The first-order valence-corrected chi connectivity index (χ1v) is 7.59. The van der Waals surface area contributed by atoms with Crippen LogP contribution >= 0.6 is 0 Å². The van der Waals surface area contributed by atoms with Crippen molar-refractivity contribution in [3.8, 4) is 11.4 Å². The summed E-state index contributed by atoms with van der Waals surface area (Å²) in [7, 11) is 1.48. The normalized spacial score (nSPS) is 10.8. The second-order valence-corrected chi connectivity index (χ2v) is 5.28. The van der Waals surface area contributed by atoms with E-state index in [-0.39, 0.29) is 12.2 Å². The van der Waals surface area contributed by atoms with Crippen molar-refractivity contribution in [2.45, 2.75) is 20.0 Å². The molecular weight excluding hydrogens is 311 g/mol. The zero-order chi connectivity index (χ0) is 17.1. The third-order valence-corrected chi connectivity index (χ3v) is 3.77. The van der Waals surface area contributed by atoms with Gasteiger partial charge in [0.15, 0.2) is 0 Å². The maximum absolute atomic E-state index is 14.3. The molecule has 0 radical (unpaired) electrons. The molecule has 0 atom stereocenters. The highest BCUT2D eigenvalue weighted by molar-refractivity contribution is 5.41. The lowest BCUT2D eigenvalue weighted by Crippen LogP contribution is -2.23. The molecule has 0 aliphatic heterocycles. The second-order valence-electron chi connectivity index (χ2n) is 5.28. The number of nitrogens with zero attached hydrogens (tertiary/aromatic N) is 4. The van der Waals surface area contributed by atoms with Gasteiger partial charge in [0.05, 0.1) is 11.3 Å². The summed E-state index contributed by atoms with van der Waals surface area (Å²) in [5.41, 5.74) is 1.16. The summed E-state index contributed by atoms with van der Waals surface area (Å²) >= 11 is 0. The fourth-order valence-corrected chi connectivity index (χ4v) is 2.44. The Morgan fingerprint density at radius 1 is 1.12 bits per heavy atom. The average molecular weight is 328 g/mol. The summed E-state index contributed by atoms with van der Waals surface area (Å²) in [6.07, 6.45) is 0.809. The van der Waals surface area contributed by atoms with Crippen molar-refractivity contribution in [2.75, 3.05) is 0 Å². The van der Waals surface area contributed by atoms with Crippen LogP contribution in [0.2, 0.25) is 0 Å². The van der Waals surface area contributed by atoms with Gasteiger partial charge in [-0.1, -0.05) is 31.2 Å². The second kappa shape index (κ2) is 6.66. The van der Waals surface area contributed by atoms with Gasteiger partial charge >= 0.3 is 5.69 Å². The van der Waals surface area contributed by atoms with Gasteiger partial charge in [-0.05, 0) is 40.6 Å². The van der Waals surface area contributed by atoms with Gasteiger partial charge < -0.3 is 4.74 Å². The molecule has 1 aromatic heterocycles. The van der Waals surface area contributed by atoms with Crippen LogP contribution in [0, 0.1) is 5.82 Å². The molecule has 0 saturated carbocycles. The van der Waals surface area contributed by atoms with Gasteiger partial charge in [0.25, 0.3) is 0 Å². The molecule has 6 nitrogen and oxygen atoms in total. The topological polar surface area (TPSA) is 61.9 Å². The molecule has 0 spiro atoms. The SMILES string of the molecule is CCc1ccccc1OCc1c(F)cccc1-n1nnn(C)c1=O. The first kappa shape index (κ1) is 15.9. The summed E-state index contributed by atoms with van der Waals surface area (Å²) in [5, 5.41) is 7.43.